The summed E-state index contributed by atoms with van der Waals surface area (Å²) in [4.78, 5) is 13.8. The SMILES string of the molecule is CN(C)c1cccc(NC(=O)N/C=C/c2cccc(Cl)c2)c1. The number of benzene rings is 2. The maximum absolute atomic E-state index is 11.8. The second-order valence-corrected chi connectivity index (χ2v) is 5.37. The van der Waals surface area contributed by atoms with E-state index in [1.807, 2.05) is 61.5 Å². The molecule has 114 valence electrons. The third-order valence-electron chi connectivity index (χ3n) is 2.96. The maximum Gasteiger partial charge on any atom is 0.323 e. The van der Waals surface area contributed by atoms with Crippen LogP contribution < -0.4 is 15.5 Å². The van der Waals surface area contributed by atoms with Crippen molar-refractivity contribution in [2.45, 2.75) is 0 Å². The topological polar surface area (TPSA) is 44.4 Å². The van der Waals surface area contributed by atoms with Gasteiger partial charge in [-0.15, -0.1) is 0 Å². The highest BCUT2D eigenvalue weighted by Crippen LogP contribution is 2.17. The molecule has 0 fully saturated rings. The number of anilines is 2. The minimum Gasteiger partial charge on any atom is -0.378 e. The van der Waals surface area contributed by atoms with Gasteiger partial charge in [-0.3, -0.25) is 0 Å². The highest BCUT2D eigenvalue weighted by Gasteiger charge is 2.01. The molecule has 2 amide bonds. The molecule has 0 aromatic heterocycles. The van der Waals surface area contributed by atoms with Gasteiger partial charge in [-0.1, -0.05) is 29.8 Å². The molecule has 0 aliphatic heterocycles. The van der Waals surface area contributed by atoms with Gasteiger partial charge in [0.25, 0.3) is 0 Å². The van der Waals surface area contributed by atoms with Crippen molar-refractivity contribution >= 4 is 35.1 Å². The van der Waals surface area contributed by atoms with E-state index in [9.17, 15) is 4.79 Å². The van der Waals surface area contributed by atoms with Gasteiger partial charge in [0.05, 0.1) is 0 Å². The van der Waals surface area contributed by atoms with E-state index in [0.29, 0.717) is 5.02 Å². The van der Waals surface area contributed by atoms with E-state index in [-0.39, 0.29) is 6.03 Å². The van der Waals surface area contributed by atoms with Crippen molar-refractivity contribution in [3.05, 3.63) is 65.3 Å². The van der Waals surface area contributed by atoms with E-state index in [1.165, 1.54) is 0 Å². The molecule has 0 atom stereocenters. The van der Waals surface area contributed by atoms with Gasteiger partial charge in [-0.05, 0) is 42.0 Å². The lowest BCUT2D eigenvalue weighted by molar-refractivity contribution is 0.255. The molecule has 0 saturated carbocycles. The summed E-state index contributed by atoms with van der Waals surface area (Å²) in [6, 6.07) is 14.7. The molecule has 2 aromatic carbocycles. The minimum absolute atomic E-state index is 0.297. The summed E-state index contributed by atoms with van der Waals surface area (Å²) in [5, 5.41) is 6.10. The van der Waals surface area contributed by atoms with Crippen LogP contribution in [0.25, 0.3) is 6.08 Å². The molecule has 2 N–H and O–H groups in total. The largest absolute Gasteiger partial charge is 0.378 e. The van der Waals surface area contributed by atoms with E-state index >= 15 is 0 Å². The third kappa shape index (κ3) is 4.82. The van der Waals surface area contributed by atoms with E-state index in [2.05, 4.69) is 10.6 Å². The van der Waals surface area contributed by atoms with Crippen molar-refractivity contribution < 1.29 is 4.79 Å². The number of amides is 2. The van der Waals surface area contributed by atoms with Crippen molar-refractivity contribution in [3.63, 3.8) is 0 Å². The van der Waals surface area contributed by atoms with Crippen molar-refractivity contribution in [2.75, 3.05) is 24.3 Å². The maximum atomic E-state index is 11.8. The Hall–Kier alpha value is -2.46. The molecule has 0 bridgehead atoms. The number of rotatable bonds is 4. The molecular formula is C17H18ClN3O. The third-order valence-corrected chi connectivity index (χ3v) is 3.19. The Morgan fingerprint density at radius 1 is 1.14 bits per heavy atom. The van der Waals surface area contributed by atoms with Crippen molar-refractivity contribution in [1.29, 1.82) is 0 Å². The van der Waals surface area contributed by atoms with Gasteiger partial charge in [-0.2, -0.15) is 0 Å². The Labute approximate surface area is 135 Å². The molecule has 2 rings (SSSR count). The van der Waals surface area contributed by atoms with Gasteiger partial charge in [-0.25, -0.2) is 4.79 Å². The number of halogens is 1. The van der Waals surface area contributed by atoms with Crippen molar-refractivity contribution in [2.24, 2.45) is 0 Å². The fourth-order valence-corrected chi connectivity index (χ4v) is 2.05. The first kappa shape index (κ1) is 15.9. The van der Waals surface area contributed by atoms with Crippen LogP contribution in [-0.2, 0) is 0 Å². The van der Waals surface area contributed by atoms with Gasteiger partial charge in [0, 0.05) is 36.7 Å². The van der Waals surface area contributed by atoms with Crippen LogP contribution in [0.2, 0.25) is 5.02 Å². The summed E-state index contributed by atoms with van der Waals surface area (Å²) in [5.41, 5.74) is 2.68. The van der Waals surface area contributed by atoms with Crippen LogP contribution >= 0.6 is 11.6 Å². The Kier molecular flexibility index (Phi) is 5.44. The van der Waals surface area contributed by atoms with Crippen LogP contribution in [0.4, 0.5) is 16.2 Å². The molecule has 0 radical (unpaired) electrons. The van der Waals surface area contributed by atoms with Crippen LogP contribution in [0.3, 0.4) is 0 Å². The number of urea groups is 1. The zero-order valence-corrected chi connectivity index (χ0v) is 13.3. The van der Waals surface area contributed by atoms with E-state index in [1.54, 1.807) is 18.3 Å². The Balaban J connectivity index is 1.92. The number of hydrogen-bond acceptors (Lipinski definition) is 2. The number of carbonyl (C=O) groups is 1. The van der Waals surface area contributed by atoms with Gasteiger partial charge in [0.15, 0.2) is 0 Å². The predicted octanol–water partition coefficient (Wildman–Crippen LogP) is 4.20. The fraction of sp³-hybridized carbons (Fsp3) is 0.118. The molecular weight excluding hydrogens is 298 g/mol. The fourth-order valence-electron chi connectivity index (χ4n) is 1.85. The molecule has 0 aliphatic rings. The zero-order chi connectivity index (χ0) is 15.9. The van der Waals surface area contributed by atoms with Crippen LogP contribution in [0.15, 0.2) is 54.7 Å². The Morgan fingerprint density at radius 3 is 2.64 bits per heavy atom. The standard InChI is InChI=1S/C17H18ClN3O/c1-21(2)16-8-4-7-15(12-16)20-17(22)19-10-9-13-5-3-6-14(18)11-13/h3-12H,1-2H3,(H2,19,20,22)/b10-9+. The normalized spacial score (nSPS) is 10.5. The summed E-state index contributed by atoms with van der Waals surface area (Å²) < 4.78 is 0. The second kappa shape index (κ2) is 7.52. The lowest BCUT2D eigenvalue weighted by Crippen LogP contribution is -2.23. The average molecular weight is 316 g/mol. The van der Waals surface area contributed by atoms with E-state index in [0.717, 1.165) is 16.9 Å². The number of nitrogens with one attached hydrogen (secondary N) is 2. The monoisotopic (exact) mass is 315 g/mol. The molecule has 0 unspecified atom stereocenters. The summed E-state index contributed by atoms with van der Waals surface area (Å²) in [6.07, 6.45) is 3.36. The highest BCUT2D eigenvalue weighted by atomic mass is 35.5. The van der Waals surface area contributed by atoms with Gasteiger partial charge in [0.2, 0.25) is 0 Å². The van der Waals surface area contributed by atoms with Crippen LogP contribution in [-0.4, -0.2) is 20.1 Å². The van der Waals surface area contributed by atoms with Gasteiger partial charge < -0.3 is 15.5 Å². The van der Waals surface area contributed by atoms with Crippen LogP contribution in [0, 0.1) is 0 Å². The number of hydrogen-bond donors (Lipinski definition) is 2. The van der Waals surface area contributed by atoms with Crippen molar-refractivity contribution in [3.8, 4) is 0 Å². The molecule has 0 spiro atoms. The van der Waals surface area contributed by atoms with Gasteiger partial charge in [0.1, 0.15) is 0 Å². The van der Waals surface area contributed by atoms with E-state index in [4.69, 9.17) is 11.6 Å². The smallest absolute Gasteiger partial charge is 0.323 e. The lowest BCUT2D eigenvalue weighted by atomic mass is 10.2. The second-order valence-electron chi connectivity index (χ2n) is 4.93. The molecule has 0 heterocycles. The predicted molar refractivity (Wildman–Crippen MR) is 93.4 cm³/mol. The summed E-state index contributed by atoms with van der Waals surface area (Å²) in [7, 11) is 3.90. The van der Waals surface area contributed by atoms with Crippen LogP contribution in [0.5, 0.6) is 0 Å². The lowest BCUT2D eigenvalue weighted by Gasteiger charge is -2.13. The van der Waals surface area contributed by atoms with Crippen LogP contribution in [0.1, 0.15) is 5.56 Å². The Morgan fingerprint density at radius 2 is 1.91 bits per heavy atom. The minimum atomic E-state index is -0.297. The number of carbonyl (C=O) groups excluding carboxylic acids is 1. The number of nitrogens with zero attached hydrogens (tertiary/aromatic N) is 1. The first-order chi connectivity index (χ1) is 10.5. The summed E-state index contributed by atoms with van der Waals surface area (Å²) in [5.74, 6) is 0. The van der Waals surface area contributed by atoms with Crippen molar-refractivity contribution in [1.82, 2.24) is 5.32 Å². The Bertz CT molecular complexity index is 683. The molecule has 5 heteroatoms. The highest BCUT2D eigenvalue weighted by molar-refractivity contribution is 6.30. The average Bonchev–Trinajstić information content (AvgIpc) is 2.47. The molecule has 0 saturated heterocycles. The quantitative estimate of drug-likeness (QED) is 0.888. The molecule has 4 nitrogen and oxygen atoms in total. The first-order valence-electron chi connectivity index (χ1n) is 6.81. The summed E-state index contributed by atoms with van der Waals surface area (Å²) >= 11 is 5.90. The summed E-state index contributed by atoms with van der Waals surface area (Å²) in [6.45, 7) is 0. The first-order valence-corrected chi connectivity index (χ1v) is 7.19. The zero-order valence-electron chi connectivity index (χ0n) is 12.5. The molecule has 0 aliphatic carbocycles. The van der Waals surface area contributed by atoms with Gasteiger partial charge >= 0.3 is 6.03 Å². The molecule has 2 aromatic rings. The van der Waals surface area contributed by atoms with E-state index < -0.39 is 0 Å². The molecule has 22 heavy (non-hydrogen) atoms.